The minimum atomic E-state index is -0.404. The van der Waals surface area contributed by atoms with Crippen LogP contribution in [0.4, 0.5) is 0 Å². The zero-order valence-corrected chi connectivity index (χ0v) is 11.7. The summed E-state index contributed by atoms with van der Waals surface area (Å²) in [4.78, 5) is 14.1. The fraction of sp³-hybridized carbons (Fsp3) is 0.643. The second-order valence-corrected chi connectivity index (χ2v) is 6.76. The first-order valence-corrected chi connectivity index (χ1v) is 7.12. The Morgan fingerprint density at radius 2 is 1.94 bits per heavy atom. The predicted molar refractivity (Wildman–Crippen MR) is 70.7 cm³/mol. The molecule has 0 amide bonds. The average molecular weight is 252 g/mol. The van der Waals surface area contributed by atoms with Gasteiger partial charge in [0.05, 0.1) is 0 Å². The molecule has 17 heavy (non-hydrogen) atoms. The summed E-state index contributed by atoms with van der Waals surface area (Å²) in [6, 6.07) is 2.04. The van der Waals surface area contributed by atoms with Gasteiger partial charge in [-0.3, -0.25) is 0 Å². The average Bonchev–Trinajstić information content (AvgIpc) is 2.48. The summed E-state index contributed by atoms with van der Waals surface area (Å²) in [5.74, 6) is -0.171. The Morgan fingerprint density at radius 1 is 1.24 bits per heavy atom. The van der Waals surface area contributed by atoms with Gasteiger partial charge in [0.15, 0.2) is 0 Å². The third kappa shape index (κ3) is 3.32. The molecule has 1 aromatic rings. The maximum absolute atomic E-state index is 12.0. The number of aryl methyl sites for hydroxylation is 2. The molecular formula is C14H20O2S. The summed E-state index contributed by atoms with van der Waals surface area (Å²) >= 11 is 1.62. The predicted octanol–water partition coefficient (Wildman–Crippen LogP) is 3.97. The highest BCUT2D eigenvalue weighted by Gasteiger charge is 2.21. The quantitative estimate of drug-likeness (QED) is 0.558. The molecule has 3 heteroatoms. The first-order valence-electron chi connectivity index (χ1n) is 6.31. The molecule has 1 heterocycles. The van der Waals surface area contributed by atoms with Crippen molar-refractivity contribution in [1.82, 2.24) is 0 Å². The Morgan fingerprint density at radius 3 is 2.65 bits per heavy atom. The summed E-state index contributed by atoms with van der Waals surface area (Å²) in [6.45, 7) is 5.72. The van der Waals surface area contributed by atoms with Gasteiger partial charge in [0.25, 0.3) is 0 Å². The lowest BCUT2D eigenvalue weighted by atomic mass is 10.1. The van der Waals surface area contributed by atoms with E-state index in [0.29, 0.717) is 0 Å². The van der Waals surface area contributed by atoms with Crippen molar-refractivity contribution in [2.75, 3.05) is 0 Å². The van der Waals surface area contributed by atoms with Crippen LogP contribution in [0.25, 0.3) is 0 Å². The molecule has 0 aliphatic heterocycles. The molecule has 0 saturated heterocycles. The van der Waals surface area contributed by atoms with Gasteiger partial charge < -0.3 is 4.74 Å². The van der Waals surface area contributed by atoms with Gasteiger partial charge in [-0.15, -0.1) is 11.3 Å². The van der Waals surface area contributed by atoms with Gasteiger partial charge in [0.2, 0.25) is 0 Å². The lowest BCUT2D eigenvalue weighted by molar-refractivity contribution is 0.00751. The molecule has 1 aliphatic rings. The SMILES string of the molecule is CC(C)(C)OC(=O)c1cc2c(s1)CCCCC2. The van der Waals surface area contributed by atoms with Crippen LogP contribution in [0.3, 0.4) is 0 Å². The van der Waals surface area contributed by atoms with Crippen LogP contribution in [0, 0.1) is 0 Å². The summed E-state index contributed by atoms with van der Waals surface area (Å²) in [5, 5.41) is 0. The molecule has 0 aromatic carbocycles. The molecule has 0 saturated carbocycles. The molecule has 0 spiro atoms. The van der Waals surface area contributed by atoms with Crippen molar-refractivity contribution in [1.29, 1.82) is 0 Å². The highest BCUT2D eigenvalue weighted by molar-refractivity contribution is 7.14. The maximum atomic E-state index is 12.0. The van der Waals surface area contributed by atoms with Crippen molar-refractivity contribution in [3.05, 3.63) is 21.4 Å². The second-order valence-electron chi connectivity index (χ2n) is 5.62. The first kappa shape index (κ1) is 12.6. The number of carbonyl (C=O) groups is 1. The monoisotopic (exact) mass is 252 g/mol. The van der Waals surface area contributed by atoms with E-state index < -0.39 is 5.60 Å². The van der Waals surface area contributed by atoms with Crippen LogP contribution >= 0.6 is 11.3 Å². The van der Waals surface area contributed by atoms with E-state index in [1.54, 1.807) is 11.3 Å². The molecule has 2 rings (SSSR count). The molecule has 0 atom stereocenters. The van der Waals surface area contributed by atoms with Gasteiger partial charge in [-0.25, -0.2) is 4.79 Å². The number of esters is 1. The van der Waals surface area contributed by atoms with E-state index >= 15 is 0 Å². The Hall–Kier alpha value is -0.830. The minimum absolute atomic E-state index is 0.171. The standard InChI is InChI=1S/C14H20O2S/c1-14(2,3)16-13(15)12-9-10-7-5-4-6-8-11(10)17-12/h9H,4-8H2,1-3H3. The summed E-state index contributed by atoms with van der Waals surface area (Å²) < 4.78 is 5.40. The van der Waals surface area contributed by atoms with Crippen molar-refractivity contribution >= 4 is 17.3 Å². The topological polar surface area (TPSA) is 26.3 Å². The number of thiophene rings is 1. The number of hydrogen-bond acceptors (Lipinski definition) is 3. The van der Waals surface area contributed by atoms with Crippen molar-refractivity contribution in [2.24, 2.45) is 0 Å². The first-order chi connectivity index (χ1) is 7.96. The van der Waals surface area contributed by atoms with Crippen molar-refractivity contribution in [2.45, 2.75) is 58.5 Å². The number of fused-ring (bicyclic) bond motifs is 1. The van der Waals surface area contributed by atoms with Gasteiger partial charge in [-0.1, -0.05) is 6.42 Å². The molecule has 1 aromatic heterocycles. The normalized spacial score (nSPS) is 16.2. The largest absolute Gasteiger partial charge is 0.456 e. The maximum Gasteiger partial charge on any atom is 0.348 e. The van der Waals surface area contributed by atoms with Crippen LogP contribution in [0.2, 0.25) is 0 Å². The zero-order chi connectivity index (χ0) is 12.5. The third-order valence-electron chi connectivity index (χ3n) is 2.85. The van der Waals surface area contributed by atoms with Gasteiger partial charge >= 0.3 is 5.97 Å². The molecule has 0 fully saturated rings. The van der Waals surface area contributed by atoms with Crippen molar-refractivity contribution < 1.29 is 9.53 Å². The highest BCUT2D eigenvalue weighted by Crippen LogP contribution is 2.30. The molecule has 2 nitrogen and oxygen atoms in total. The van der Waals surface area contributed by atoms with E-state index in [9.17, 15) is 4.79 Å². The van der Waals surface area contributed by atoms with Crippen molar-refractivity contribution in [3.63, 3.8) is 0 Å². The van der Waals surface area contributed by atoms with Crippen LogP contribution in [0.1, 0.15) is 60.1 Å². The molecule has 0 N–H and O–H groups in total. The number of carbonyl (C=O) groups excluding carboxylic acids is 1. The van der Waals surface area contributed by atoms with E-state index in [1.165, 1.54) is 29.7 Å². The van der Waals surface area contributed by atoms with E-state index in [-0.39, 0.29) is 5.97 Å². The highest BCUT2D eigenvalue weighted by atomic mass is 32.1. The van der Waals surface area contributed by atoms with Crippen LogP contribution in [0.5, 0.6) is 0 Å². The lowest BCUT2D eigenvalue weighted by Crippen LogP contribution is -2.23. The number of hydrogen-bond donors (Lipinski definition) is 0. The summed E-state index contributed by atoms with van der Waals surface area (Å²) in [5.41, 5.74) is 0.965. The van der Waals surface area contributed by atoms with E-state index in [0.717, 1.165) is 17.7 Å². The third-order valence-corrected chi connectivity index (χ3v) is 4.06. The zero-order valence-electron chi connectivity index (χ0n) is 10.8. The molecule has 94 valence electrons. The number of ether oxygens (including phenoxy) is 1. The van der Waals surface area contributed by atoms with E-state index in [2.05, 4.69) is 0 Å². The minimum Gasteiger partial charge on any atom is -0.456 e. The Labute approximate surface area is 107 Å². The smallest absolute Gasteiger partial charge is 0.348 e. The Bertz CT molecular complexity index is 389. The molecular weight excluding hydrogens is 232 g/mol. The Kier molecular flexibility index (Phi) is 3.57. The van der Waals surface area contributed by atoms with Gasteiger partial charge in [-0.2, -0.15) is 0 Å². The molecule has 0 unspecified atom stereocenters. The van der Waals surface area contributed by atoms with Crippen LogP contribution < -0.4 is 0 Å². The van der Waals surface area contributed by atoms with Gasteiger partial charge in [0, 0.05) is 4.88 Å². The Balaban J connectivity index is 2.15. The van der Waals surface area contributed by atoms with Gasteiger partial charge in [0.1, 0.15) is 10.5 Å². The molecule has 0 bridgehead atoms. The fourth-order valence-electron chi connectivity index (χ4n) is 2.10. The van der Waals surface area contributed by atoms with Crippen LogP contribution in [-0.4, -0.2) is 11.6 Å². The van der Waals surface area contributed by atoms with Crippen LogP contribution in [-0.2, 0) is 17.6 Å². The summed E-state index contributed by atoms with van der Waals surface area (Å²) in [7, 11) is 0. The number of rotatable bonds is 1. The van der Waals surface area contributed by atoms with Gasteiger partial charge in [-0.05, 0) is 58.1 Å². The lowest BCUT2D eigenvalue weighted by Gasteiger charge is -2.18. The summed E-state index contributed by atoms with van der Waals surface area (Å²) in [6.07, 6.45) is 6.05. The van der Waals surface area contributed by atoms with E-state index in [1.807, 2.05) is 26.8 Å². The van der Waals surface area contributed by atoms with Crippen molar-refractivity contribution in [3.8, 4) is 0 Å². The molecule has 1 aliphatic carbocycles. The fourth-order valence-corrected chi connectivity index (χ4v) is 3.23. The molecule has 0 radical (unpaired) electrons. The second kappa shape index (κ2) is 4.81. The van der Waals surface area contributed by atoms with Crippen LogP contribution in [0.15, 0.2) is 6.07 Å². The van der Waals surface area contributed by atoms with E-state index in [4.69, 9.17) is 4.74 Å².